The first-order chi connectivity index (χ1) is 29.6. The van der Waals surface area contributed by atoms with Gasteiger partial charge in [0.15, 0.2) is 11.7 Å². The van der Waals surface area contributed by atoms with Gasteiger partial charge in [0.2, 0.25) is 11.9 Å². The van der Waals surface area contributed by atoms with E-state index in [9.17, 15) is 29.1 Å². The monoisotopic (exact) mass is 914 g/mol. The number of benzene rings is 1. The molecule has 1 aliphatic heterocycles. The van der Waals surface area contributed by atoms with E-state index in [2.05, 4.69) is 30.1 Å². The molecule has 20 heteroatoms. The largest absolute Gasteiger partial charge is 0.489 e. The third-order valence-electron chi connectivity index (χ3n) is 8.61. The van der Waals surface area contributed by atoms with Crippen molar-refractivity contribution in [3.05, 3.63) is 47.7 Å². The van der Waals surface area contributed by atoms with Crippen LogP contribution in [-0.2, 0) is 46.5 Å². The van der Waals surface area contributed by atoms with E-state index in [-0.39, 0.29) is 29.4 Å². The lowest BCUT2D eigenvalue weighted by Crippen LogP contribution is -2.46. The van der Waals surface area contributed by atoms with Gasteiger partial charge in [-0.1, -0.05) is 17.3 Å². The first-order valence-corrected chi connectivity index (χ1v) is 21.9. The molecule has 1 aliphatic rings. The molecule has 0 bridgehead atoms. The minimum Gasteiger partial charge on any atom is -0.489 e. The van der Waals surface area contributed by atoms with Gasteiger partial charge >= 0.3 is 30.2 Å². The number of hydrogen-bond donors (Lipinski definition) is 3. The van der Waals surface area contributed by atoms with Crippen molar-refractivity contribution in [1.82, 2.24) is 19.9 Å². The van der Waals surface area contributed by atoms with Crippen LogP contribution in [0.4, 0.5) is 19.5 Å². The van der Waals surface area contributed by atoms with Gasteiger partial charge in [0.25, 0.3) is 6.10 Å². The fourth-order valence-electron chi connectivity index (χ4n) is 6.05. The number of alkyl carbamates (subject to hydrolysis) is 1. The van der Waals surface area contributed by atoms with Crippen molar-refractivity contribution in [3.63, 3.8) is 0 Å². The average molecular weight is 915 g/mol. The SMILES string of the molecule is CC(C)(C)OC(=O)NCCCn1cc(-c2ccc(OCC(O/N=C(\C(=O)O)c3csc(NC(=O)OC(C)(C)C)n3)C(=O)OC(C)(C)C)cc2)c[n+]1C[C@@H]1CCN(C(=O)OC(C)(C)C)C1. The molecule has 0 spiro atoms. The van der Waals surface area contributed by atoms with Crippen molar-refractivity contribution < 1.29 is 62.3 Å². The molecule has 3 amide bonds. The molecule has 19 nitrogen and oxygen atoms in total. The molecule has 1 saturated heterocycles. The number of nitrogens with one attached hydrogen (secondary N) is 2. The third kappa shape index (κ3) is 17.3. The van der Waals surface area contributed by atoms with E-state index in [0.29, 0.717) is 44.9 Å². The molecule has 0 radical (unpaired) electrons. The topological polar surface area (TPSA) is 222 Å². The zero-order valence-corrected chi connectivity index (χ0v) is 39.8. The van der Waals surface area contributed by atoms with Crippen molar-refractivity contribution in [2.75, 3.05) is 31.6 Å². The summed E-state index contributed by atoms with van der Waals surface area (Å²) < 4.78 is 31.9. The number of carboxylic acid groups (broad SMARTS) is 1. The molecule has 2 aromatic heterocycles. The number of oxime groups is 1. The number of aliphatic carboxylic acids is 1. The maximum atomic E-state index is 13.2. The van der Waals surface area contributed by atoms with Crippen LogP contribution < -0.4 is 20.1 Å². The number of carboxylic acids is 1. The summed E-state index contributed by atoms with van der Waals surface area (Å²) in [6.45, 7) is 23.5. The number of rotatable bonds is 16. The second-order valence-corrected chi connectivity index (χ2v) is 20.1. The molecule has 4 rings (SSSR count). The number of aryl methyl sites for hydroxylation is 1. The van der Waals surface area contributed by atoms with Gasteiger partial charge in [-0.05, 0) is 114 Å². The number of anilines is 1. The van der Waals surface area contributed by atoms with Gasteiger partial charge in [-0.2, -0.15) is 4.68 Å². The Balaban J connectivity index is 1.49. The van der Waals surface area contributed by atoms with Crippen LogP contribution in [0.15, 0.2) is 47.2 Å². The van der Waals surface area contributed by atoms with Crippen molar-refractivity contribution in [2.45, 2.75) is 138 Å². The summed E-state index contributed by atoms with van der Waals surface area (Å²) in [7, 11) is 0. The maximum absolute atomic E-state index is 13.2. The van der Waals surface area contributed by atoms with E-state index >= 15 is 0 Å². The standard InChI is InChI=1S/C44H63N7O12S/c1-41(2,3)59-36(54)33(63-48-34(35(52)53)32-27-64-37(46-32)47-39(56)61-43(7,8)9)26-58-31-16-14-29(15-17-31)30-24-50(20-13-19-45-38(55)60-42(4,5)6)51(25-30)23-28-18-21-49(22-28)40(57)62-44(10,11)12/h14-17,24-25,27-28,33H,13,18-23,26H2,1-12H3,(H2-,45,46,47,52,53,55,56)/p+1/b48-34-/t28-,33?/m1/s1. The molecule has 0 saturated carbocycles. The van der Waals surface area contributed by atoms with Crippen LogP contribution in [0.3, 0.4) is 0 Å². The molecule has 0 aliphatic carbocycles. The smallest absolute Gasteiger partial charge is 0.413 e. The Morgan fingerprint density at radius 3 is 2.11 bits per heavy atom. The number of esters is 1. The summed E-state index contributed by atoms with van der Waals surface area (Å²) in [6.07, 6.45) is 2.44. The number of carbonyl (C=O) groups excluding carboxylic acids is 4. The Bertz CT molecular complexity index is 2120. The van der Waals surface area contributed by atoms with Crippen LogP contribution in [0.5, 0.6) is 5.75 Å². The van der Waals surface area contributed by atoms with Crippen LogP contribution >= 0.6 is 11.3 Å². The lowest BCUT2D eigenvalue weighted by atomic mass is 10.1. The second kappa shape index (κ2) is 21.2. The molecular weight excluding hydrogens is 851 g/mol. The Hall–Kier alpha value is -5.92. The average Bonchev–Trinajstić information content (AvgIpc) is 3.90. The van der Waals surface area contributed by atoms with E-state index in [0.717, 1.165) is 28.9 Å². The maximum Gasteiger partial charge on any atom is 0.413 e. The van der Waals surface area contributed by atoms with Crippen LogP contribution in [0.2, 0.25) is 0 Å². The summed E-state index contributed by atoms with van der Waals surface area (Å²) >= 11 is 0.946. The highest BCUT2D eigenvalue weighted by molar-refractivity contribution is 7.14. The summed E-state index contributed by atoms with van der Waals surface area (Å²) in [5.74, 6) is -1.76. The van der Waals surface area contributed by atoms with Gasteiger partial charge in [0.1, 0.15) is 40.5 Å². The fraction of sp³-hybridized carbons (Fsp3) is 0.591. The lowest BCUT2D eigenvalue weighted by molar-refractivity contribution is -0.780. The highest BCUT2D eigenvalue weighted by Gasteiger charge is 2.34. The molecule has 1 fully saturated rings. The van der Waals surface area contributed by atoms with Gasteiger partial charge in [-0.15, -0.1) is 16.0 Å². The van der Waals surface area contributed by atoms with Gasteiger partial charge in [0, 0.05) is 30.9 Å². The number of thiazole rings is 1. The van der Waals surface area contributed by atoms with Crippen molar-refractivity contribution in [1.29, 1.82) is 0 Å². The molecular formula is C44H64N7O12S+. The highest BCUT2D eigenvalue weighted by atomic mass is 32.1. The van der Waals surface area contributed by atoms with E-state index < -0.39 is 58.3 Å². The van der Waals surface area contributed by atoms with E-state index in [4.69, 9.17) is 28.5 Å². The first kappa shape index (κ1) is 50.7. The number of likely N-dealkylation sites (tertiary alicyclic amines) is 1. The van der Waals surface area contributed by atoms with Gasteiger partial charge in [0.05, 0.1) is 18.3 Å². The number of ether oxygens (including phenoxy) is 5. The zero-order valence-electron chi connectivity index (χ0n) is 38.9. The molecule has 1 aromatic carbocycles. The number of nitrogens with zero attached hydrogens (tertiary/aromatic N) is 5. The minimum atomic E-state index is -1.49. The summed E-state index contributed by atoms with van der Waals surface area (Å²) in [4.78, 5) is 74.1. The number of amides is 3. The van der Waals surface area contributed by atoms with Crippen molar-refractivity contribution >= 4 is 52.4 Å². The molecule has 3 aromatic rings. The van der Waals surface area contributed by atoms with E-state index in [1.165, 1.54) is 5.38 Å². The van der Waals surface area contributed by atoms with Crippen molar-refractivity contribution in [3.8, 4) is 16.9 Å². The van der Waals surface area contributed by atoms with Crippen LogP contribution in [0, 0.1) is 5.92 Å². The Morgan fingerprint density at radius 1 is 0.875 bits per heavy atom. The third-order valence-corrected chi connectivity index (χ3v) is 9.37. The molecule has 3 N–H and O–H groups in total. The quantitative estimate of drug-likeness (QED) is 0.0329. The number of hydrogen-bond acceptors (Lipinski definition) is 14. The van der Waals surface area contributed by atoms with Crippen LogP contribution in [-0.4, -0.2) is 110 Å². The molecule has 2 atom stereocenters. The molecule has 3 heterocycles. The highest BCUT2D eigenvalue weighted by Crippen LogP contribution is 2.25. The summed E-state index contributed by atoms with van der Waals surface area (Å²) in [5, 5.41) is 20.4. The van der Waals surface area contributed by atoms with Crippen molar-refractivity contribution in [2.24, 2.45) is 11.1 Å². The predicted molar refractivity (Wildman–Crippen MR) is 237 cm³/mol. The summed E-state index contributed by atoms with van der Waals surface area (Å²) in [5.41, 5.74) is -1.84. The predicted octanol–water partition coefficient (Wildman–Crippen LogP) is 7.01. The zero-order chi connectivity index (χ0) is 47.6. The first-order valence-electron chi connectivity index (χ1n) is 21.1. The van der Waals surface area contributed by atoms with E-state index in [1.807, 2.05) is 66.1 Å². The van der Waals surface area contributed by atoms with Gasteiger partial charge in [-0.3, -0.25) is 5.32 Å². The Morgan fingerprint density at radius 2 is 1.50 bits per heavy atom. The molecule has 1 unspecified atom stereocenters. The van der Waals surface area contributed by atoms with Crippen LogP contribution in [0.25, 0.3) is 11.1 Å². The normalized spacial score (nSPS) is 15.2. The molecule has 64 heavy (non-hydrogen) atoms. The van der Waals surface area contributed by atoms with Gasteiger partial charge in [-0.25, -0.2) is 29.0 Å². The Kier molecular flexibility index (Phi) is 16.8. The van der Waals surface area contributed by atoms with Gasteiger partial charge < -0.3 is 43.8 Å². The van der Waals surface area contributed by atoms with Crippen LogP contribution in [0.1, 0.15) is 102 Å². The Labute approximate surface area is 378 Å². The fourth-order valence-corrected chi connectivity index (χ4v) is 6.73. The summed E-state index contributed by atoms with van der Waals surface area (Å²) in [6, 6.07) is 7.17. The number of carbonyl (C=O) groups is 5. The molecule has 352 valence electrons. The number of aromatic nitrogens is 3. The minimum absolute atomic E-state index is 0.0631. The van der Waals surface area contributed by atoms with E-state index in [1.54, 1.807) is 58.6 Å². The second-order valence-electron chi connectivity index (χ2n) is 19.2. The lowest BCUT2D eigenvalue weighted by Gasteiger charge is -2.24.